The fourth-order valence-corrected chi connectivity index (χ4v) is 1.32. The summed E-state index contributed by atoms with van der Waals surface area (Å²) >= 11 is 0. The second-order valence-electron chi connectivity index (χ2n) is 3.34. The van der Waals surface area contributed by atoms with Crippen molar-refractivity contribution in [3.8, 4) is 17.1 Å². The summed E-state index contributed by atoms with van der Waals surface area (Å²) in [6, 6.07) is 6.76. The van der Waals surface area contributed by atoms with Gasteiger partial charge in [-0.05, 0) is 18.7 Å². The molecule has 0 atom stereocenters. The van der Waals surface area contributed by atoms with Crippen LogP contribution in [0.3, 0.4) is 0 Å². The van der Waals surface area contributed by atoms with Crippen molar-refractivity contribution >= 4 is 0 Å². The number of hydrogen-bond donors (Lipinski definition) is 2. The van der Waals surface area contributed by atoms with Gasteiger partial charge in [-0.1, -0.05) is 24.2 Å². The fourth-order valence-electron chi connectivity index (χ4n) is 1.32. The van der Waals surface area contributed by atoms with Gasteiger partial charge in [0.25, 0.3) is 0 Å². The average Bonchev–Trinajstić information content (AvgIpc) is 2.75. The summed E-state index contributed by atoms with van der Waals surface area (Å²) in [5.41, 5.74) is 0.742. The van der Waals surface area contributed by atoms with Crippen molar-refractivity contribution in [1.29, 1.82) is 0 Å². The van der Waals surface area contributed by atoms with Crippen LogP contribution in [0.15, 0.2) is 28.8 Å². The number of hydrogen-bond acceptors (Lipinski definition) is 5. The number of aromatic nitrogens is 2. The predicted molar refractivity (Wildman–Crippen MR) is 58.8 cm³/mol. The lowest BCUT2D eigenvalue weighted by Crippen LogP contribution is -2.11. The van der Waals surface area contributed by atoms with E-state index in [0.717, 1.165) is 12.1 Å². The van der Waals surface area contributed by atoms with Crippen LogP contribution < -0.4 is 5.32 Å². The smallest absolute Gasteiger partial charge is 0.240 e. The summed E-state index contributed by atoms with van der Waals surface area (Å²) in [6.45, 7) is 3.42. The van der Waals surface area contributed by atoms with E-state index in [1.54, 1.807) is 18.2 Å². The molecule has 0 spiro atoms. The topological polar surface area (TPSA) is 71.2 Å². The molecule has 5 nitrogen and oxygen atoms in total. The summed E-state index contributed by atoms with van der Waals surface area (Å²) < 4.78 is 5.06. The quantitative estimate of drug-likeness (QED) is 0.816. The molecule has 0 amide bonds. The zero-order valence-electron chi connectivity index (χ0n) is 8.97. The maximum Gasteiger partial charge on any atom is 0.240 e. The van der Waals surface area contributed by atoms with E-state index in [1.165, 1.54) is 0 Å². The van der Waals surface area contributed by atoms with E-state index in [0.29, 0.717) is 18.3 Å². The van der Waals surface area contributed by atoms with Crippen LogP contribution >= 0.6 is 0 Å². The third-order valence-corrected chi connectivity index (χ3v) is 2.10. The van der Waals surface area contributed by atoms with Crippen LogP contribution in [0.1, 0.15) is 12.8 Å². The predicted octanol–water partition coefficient (Wildman–Crippen LogP) is 1.55. The lowest BCUT2D eigenvalue weighted by Gasteiger charge is -1.94. The molecule has 1 heterocycles. The maximum atomic E-state index is 9.32. The summed E-state index contributed by atoms with van der Waals surface area (Å²) in [7, 11) is 0. The van der Waals surface area contributed by atoms with E-state index in [4.69, 9.17) is 4.52 Å². The van der Waals surface area contributed by atoms with Gasteiger partial charge in [0, 0.05) is 5.56 Å². The van der Waals surface area contributed by atoms with E-state index in [1.807, 2.05) is 13.0 Å². The minimum atomic E-state index is 0.190. The molecule has 2 rings (SSSR count). The molecule has 0 aliphatic rings. The third-order valence-electron chi connectivity index (χ3n) is 2.10. The Balaban J connectivity index is 2.18. The van der Waals surface area contributed by atoms with Gasteiger partial charge < -0.3 is 14.9 Å². The Kier molecular flexibility index (Phi) is 3.16. The molecular formula is C11H13N3O2. The molecule has 2 aromatic rings. The number of phenols is 1. The highest BCUT2D eigenvalue weighted by Crippen LogP contribution is 2.20. The van der Waals surface area contributed by atoms with Crippen molar-refractivity contribution in [3.05, 3.63) is 30.2 Å². The minimum absolute atomic E-state index is 0.190. The van der Waals surface area contributed by atoms with Gasteiger partial charge in [0.15, 0.2) is 0 Å². The van der Waals surface area contributed by atoms with Crippen molar-refractivity contribution in [1.82, 2.24) is 15.5 Å². The van der Waals surface area contributed by atoms with Crippen molar-refractivity contribution in [2.24, 2.45) is 0 Å². The number of nitrogens with one attached hydrogen (secondary N) is 1. The molecule has 0 saturated carbocycles. The van der Waals surface area contributed by atoms with Gasteiger partial charge in [0.2, 0.25) is 11.7 Å². The SMILES string of the molecule is CCNCc1nc(-c2cccc(O)c2)no1. The molecule has 0 fully saturated rings. The zero-order chi connectivity index (χ0) is 11.4. The monoisotopic (exact) mass is 219 g/mol. The molecule has 0 aliphatic carbocycles. The molecule has 0 radical (unpaired) electrons. The Morgan fingerprint density at radius 1 is 1.44 bits per heavy atom. The number of aromatic hydroxyl groups is 1. The Labute approximate surface area is 93.1 Å². The molecule has 2 N–H and O–H groups in total. The lowest BCUT2D eigenvalue weighted by atomic mass is 10.2. The second-order valence-corrected chi connectivity index (χ2v) is 3.34. The normalized spacial score (nSPS) is 10.6. The number of rotatable bonds is 4. The maximum absolute atomic E-state index is 9.32. The van der Waals surface area contributed by atoms with Crippen molar-refractivity contribution < 1.29 is 9.63 Å². The van der Waals surface area contributed by atoms with Gasteiger partial charge in [-0.15, -0.1) is 0 Å². The molecule has 84 valence electrons. The largest absolute Gasteiger partial charge is 0.508 e. The molecule has 1 aromatic heterocycles. The molecule has 0 bridgehead atoms. The number of benzene rings is 1. The lowest BCUT2D eigenvalue weighted by molar-refractivity contribution is 0.369. The van der Waals surface area contributed by atoms with Crippen molar-refractivity contribution in [3.63, 3.8) is 0 Å². The highest BCUT2D eigenvalue weighted by molar-refractivity contribution is 5.56. The second kappa shape index (κ2) is 4.76. The van der Waals surface area contributed by atoms with E-state index in [-0.39, 0.29) is 5.75 Å². The van der Waals surface area contributed by atoms with Gasteiger partial charge >= 0.3 is 0 Å². The highest BCUT2D eigenvalue weighted by Gasteiger charge is 2.08. The minimum Gasteiger partial charge on any atom is -0.508 e. The molecule has 0 unspecified atom stereocenters. The van der Waals surface area contributed by atoms with Crippen LogP contribution in [-0.4, -0.2) is 21.8 Å². The number of nitrogens with zero attached hydrogens (tertiary/aromatic N) is 2. The Morgan fingerprint density at radius 2 is 2.31 bits per heavy atom. The van der Waals surface area contributed by atoms with Crippen molar-refractivity contribution in [2.75, 3.05) is 6.54 Å². The van der Waals surface area contributed by atoms with E-state index >= 15 is 0 Å². The first kappa shape index (κ1) is 10.6. The molecule has 0 saturated heterocycles. The number of phenolic OH excluding ortho intramolecular Hbond substituents is 1. The molecular weight excluding hydrogens is 206 g/mol. The molecule has 1 aromatic carbocycles. The average molecular weight is 219 g/mol. The van der Waals surface area contributed by atoms with E-state index in [9.17, 15) is 5.11 Å². The van der Waals surface area contributed by atoms with Crippen LogP contribution in [0.5, 0.6) is 5.75 Å². The first-order valence-corrected chi connectivity index (χ1v) is 5.12. The van der Waals surface area contributed by atoms with Gasteiger partial charge in [-0.25, -0.2) is 0 Å². The van der Waals surface area contributed by atoms with Gasteiger partial charge in [-0.2, -0.15) is 4.98 Å². The Bertz CT molecular complexity index is 468. The summed E-state index contributed by atoms with van der Waals surface area (Å²) in [5, 5.41) is 16.3. The van der Waals surface area contributed by atoms with Gasteiger partial charge in [0.1, 0.15) is 5.75 Å². The third kappa shape index (κ3) is 2.38. The van der Waals surface area contributed by atoms with Gasteiger partial charge in [-0.3, -0.25) is 0 Å². The summed E-state index contributed by atoms with van der Waals surface area (Å²) in [5.74, 6) is 1.22. The van der Waals surface area contributed by atoms with Crippen LogP contribution in [0, 0.1) is 0 Å². The Hall–Kier alpha value is -1.88. The fraction of sp³-hybridized carbons (Fsp3) is 0.273. The van der Waals surface area contributed by atoms with Gasteiger partial charge in [0.05, 0.1) is 6.54 Å². The molecule has 0 aliphatic heterocycles. The van der Waals surface area contributed by atoms with Crippen LogP contribution in [0.4, 0.5) is 0 Å². The van der Waals surface area contributed by atoms with E-state index < -0.39 is 0 Å². The van der Waals surface area contributed by atoms with Crippen LogP contribution in [0.25, 0.3) is 11.4 Å². The summed E-state index contributed by atoms with van der Waals surface area (Å²) in [4.78, 5) is 4.21. The van der Waals surface area contributed by atoms with Crippen molar-refractivity contribution in [2.45, 2.75) is 13.5 Å². The van der Waals surface area contributed by atoms with E-state index in [2.05, 4.69) is 15.5 Å². The highest BCUT2D eigenvalue weighted by atomic mass is 16.5. The zero-order valence-corrected chi connectivity index (χ0v) is 8.97. The van der Waals surface area contributed by atoms with Crippen LogP contribution in [0.2, 0.25) is 0 Å². The Morgan fingerprint density at radius 3 is 3.06 bits per heavy atom. The first-order chi connectivity index (χ1) is 7.79. The van der Waals surface area contributed by atoms with Crippen LogP contribution in [-0.2, 0) is 6.54 Å². The standard InChI is InChI=1S/C11H13N3O2/c1-2-12-7-10-13-11(14-16-10)8-4-3-5-9(15)6-8/h3-6,12,15H,2,7H2,1H3. The molecule has 5 heteroatoms. The molecule has 16 heavy (non-hydrogen) atoms. The first-order valence-electron chi connectivity index (χ1n) is 5.12. The summed E-state index contributed by atoms with van der Waals surface area (Å²) in [6.07, 6.45) is 0.